The number of rotatable bonds is 9. The number of anilines is 1. The number of pyridine rings is 1. The molecule has 9 heteroatoms. The Morgan fingerprint density at radius 3 is 2.55 bits per heavy atom. The molecular weight excluding hydrogens is 504 g/mol. The molecule has 3 N–H and O–H groups in total. The van der Waals surface area contributed by atoms with Crippen LogP contribution in [0.3, 0.4) is 0 Å². The lowest BCUT2D eigenvalue weighted by atomic mass is 9.99. The number of hydrogen-bond acceptors (Lipinski definition) is 8. The zero-order valence-corrected chi connectivity index (χ0v) is 22.3. The van der Waals surface area contributed by atoms with Crippen molar-refractivity contribution in [2.24, 2.45) is 0 Å². The van der Waals surface area contributed by atoms with E-state index in [4.69, 9.17) is 21.4 Å². The van der Waals surface area contributed by atoms with Crippen molar-refractivity contribution in [2.75, 3.05) is 44.3 Å². The van der Waals surface area contributed by atoms with Crippen molar-refractivity contribution in [3.05, 3.63) is 88.2 Å². The summed E-state index contributed by atoms with van der Waals surface area (Å²) in [5.41, 5.74) is 2.53. The highest BCUT2D eigenvalue weighted by Gasteiger charge is 2.31. The van der Waals surface area contributed by atoms with Gasteiger partial charge in [0.2, 0.25) is 0 Å². The summed E-state index contributed by atoms with van der Waals surface area (Å²) in [6, 6.07) is 18.8. The monoisotopic (exact) mass is 536 g/mol. The number of nitrogens with zero attached hydrogens (tertiary/aromatic N) is 4. The molecule has 0 saturated carbocycles. The summed E-state index contributed by atoms with van der Waals surface area (Å²) in [6.07, 6.45) is 0.873. The summed E-state index contributed by atoms with van der Waals surface area (Å²) in [5.74, 6) is 0.536. The van der Waals surface area contributed by atoms with Crippen LogP contribution in [0.25, 0.3) is 0 Å². The van der Waals surface area contributed by atoms with Gasteiger partial charge in [-0.05, 0) is 55.8 Å². The average molecular weight is 537 g/mol. The third-order valence-corrected chi connectivity index (χ3v) is 6.96. The number of piperazine rings is 1. The molecular formula is C29H33ClN4O4. The zero-order valence-electron chi connectivity index (χ0n) is 21.6. The highest BCUT2D eigenvalue weighted by atomic mass is 35.5. The molecule has 1 fully saturated rings. The van der Waals surface area contributed by atoms with Gasteiger partial charge >= 0.3 is 0 Å². The van der Waals surface area contributed by atoms with E-state index in [1.54, 1.807) is 38.2 Å². The number of halogens is 1. The number of hydrogen-bond donors (Lipinski definition) is 3. The van der Waals surface area contributed by atoms with E-state index in [0.717, 1.165) is 11.3 Å². The maximum Gasteiger partial charge on any atom is 0.120 e. The second-order valence-electron chi connectivity index (χ2n) is 9.93. The van der Waals surface area contributed by atoms with Crippen molar-refractivity contribution in [3.8, 4) is 11.8 Å². The van der Waals surface area contributed by atoms with Crippen molar-refractivity contribution in [1.82, 2.24) is 9.88 Å². The number of aliphatic hydroxyl groups excluding tert-OH is 2. The highest BCUT2D eigenvalue weighted by molar-refractivity contribution is 6.30. The fourth-order valence-electron chi connectivity index (χ4n) is 4.69. The van der Waals surface area contributed by atoms with Gasteiger partial charge in [-0.2, -0.15) is 5.26 Å². The number of nitriles is 1. The van der Waals surface area contributed by atoms with E-state index in [1.165, 1.54) is 0 Å². The van der Waals surface area contributed by atoms with Gasteiger partial charge in [0.1, 0.15) is 24.0 Å². The predicted molar refractivity (Wildman–Crippen MR) is 146 cm³/mol. The minimum absolute atomic E-state index is 0.0831. The lowest BCUT2D eigenvalue weighted by Gasteiger charge is -2.44. The van der Waals surface area contributed by atoms with Gasteiger partial charge in [-0.15, -0.1) is 0 Å². The summed E-state index contributed by atoms with van der Waals surface area (Å²) >= 11 is 6.16. The Hall–Kier alpha value is -3.19. The Morgan fingerprint density at radius 1 is 1.16 bits per heavy atom. The lowest BCUT2D eigenvalue weighted by Crippen LogP contribution is -2.49. The van der Waals surface area contributed by atoms with Crippen LogP contribution in [0.5, 0.6) is 5.75 Å². The fourth-order valence-corrected chi connectivity index (χ4v) is 4.81. The Bertz CT molecular complexity index is 1260. The molecule has 0 spiro atoms. The van der Waals surface area contributed by atoms with Gasteiger partial charge in [0.05, 0.1) is 35.7 Å². The van der Waals surface area contributed by atoms with E-state index >= 15 is 0 Å². The molecule has 3 aromatic rings. The van der Waals surface area contributed by atoms with Crippen LogP contribution in [-0.4, -0.2) is 64.6 Å². The Kier molecular flexibility index (Phi) is 8.87. The molecule has 2 atom stereocenters. The third-order valence-electron chi connectivity index (χ3n) is 6.71. The molecule has 8 nitrogen and oxygen atoms in total. The molecule has 0 unspecified atom stereocenters. The van der Waals surface area contributed by atoms with Crippen molar-refractivity contribution >= 4 is 17.3 Å². The van der Waals surface area contributed by atoms with Crippen molar-refractivity contribution < 1.29 is 20.1 Å². The first-order valence-electron chi connectivity index (χ1n) is 12.6. The van der Waals surface area contributed by atoms with Gasteiger partial charge in [0.25, 0.3) is 0 Å². The van der Waals surface area contributed by atoms with Gasteiger partial charge in [-0.25, -0.2) is 0 Å². The van der Waals surface area contributed by atoms with Crippen LogP contribution in [0.15, 0.2) is 60.8 Å². The summed E-state index contributed by atoms with van der Waals surface area (Å²) in [5, 5.41) is 40.7. The van der Waals surface area contributed by atoms with Crippen molar-refractivity contribution in [2.45, 2.75) is 31.6 Å². The summed E-state index contributed by atoms with van der Waals surface area (Å²) in [4.78, 5) is 8.74. The van der Waals surface area contributed by atoms with Gasteiger partial charge in [0.15, 0.2) is 0 Å². The first-order valence-corrected chi connectivity index (χ1v) is 13.0. The quantitative estimate of drug-likeness (QED) is 0.378. The normalized spacial score (nSPS) is 17.2. The van der Waals surface area contributed by atoms with Crippen LogP contribution in [0.1, 0.15) is 48.4 Å². The molecule has 200 valence electrons. The van der Waals surface area contributed by atoms with Crippen LogP contribution in [0.2, 0.25) is 5.02 Å². The van der Waals surface area contributed by atoms with Crippen molar-refractivity contribution in [3.63, 3.8) is 0 Å². The molecule has 1 aliphatic rings. The van der Waals surface area contributed by atoms with E-state index in [9.17, 15) is 15.5 Å². The molecule has 0 radical (unpaired) electrons. The molecule has 2 aromatic carbocycles. The largest absolute Gasteiger partial charge is 0.491 e. The minimum atomic E-state index is -1.04. The topological polar surface area (TPSA) is 113 Å². The number of aliphatic hydroxyl groups is 3. The third kappa shape index (κ3) is 6.62. The molecule has 1 aromatic heterocycles. The average Bonchev–Trinajstić information content (AvgIpc) is 2.92. The zero-order chi connectivity index (χ0) is 27.3. The molecule has 2 heterocycles. The SMILES string of the molecule is CC(C)(O)c1ccc([C@H](O)CN2CCN(c3ccc(OCCO)cc3C#N)[C@H](c3ccc(Cl)cc3)C2)cn1. The van der Waals surface area contributed by atoms with E-state index in [1.807, 2.05) is 36.4 Å². The smallest absolute Gasteiger partial charge is 0.120 e. The van der Waals surface area contributed by atoms with Gasteiger partial charge in [-0.1, -0.05) is 29.8 Å². The fraction of sp³-hybridized carbons (Fsp3) is 0.379. The molecule has 0 aliphatic carbocycles. The standard InChI is InChI=1S/C29H33ClN4O4/c1-29(2,37)28-10-5-21(17-32-28)27(36)19-33-11-12-34(26(18-33)20-3-6-23(30)7-4-20)25-9-8-24(38-14-13-35)15-22(25)16-31/h3-10,15,17,26-27,35-37H,11-14,18-19H2,1-2H3/t26-,27+/m0/s1. The van der Waals surface area contributed by atoms with Crippen LogP contribution < -0.4 is 9.64 Å². The van der Waals surface area contributed by atoms with E-state index in [-0.39, 0.29) is 19.3 Å². The first-order chi connectivity index (χ1) is 18.2. The maximum absolute atomic E-state index is 11.0. The molecule has 38 heavy (non-hydrogen) atoms. The second-order valence-corrected chi connectivity index (χ2v) is 10.4. The highest BCUT2D eigenvalue weighted by Crippen LogP contribution is 2.35. The second kappa shape index (κ2) is 12.1. The molecule has 0 bridgehead atoms. The summed E-state index contributed by atoms with van der Waals surface area (Å²) in [6.45, 7) is 5.78. The summed E-state index contributed by atoms with van der Waals surface area (Å²) < 4.78 is 5.50. The van der Waals surface area contributed by atoms with Crippen LogP contribution in [0.4, 0.5) is 5.69 Å². The van der Waals surface area contributed by atoms with E-state index in [0.29, 0.717) is 53.8 Å². The van der Waals surface area contributed by atoms with Gasteiger partial charge in [-0.3, -0.25) is 9.88 Å². The molecule has 1 saturated heterocycles. The number of aromatic nitrogens is 1. The molecule has 1 aliphatic heterocycles. The number of benzene rings is 2. The molecule has 4 rings (SSSR count). The number of ether oxygens (including phenoxy) is 1. The van der Waals surface area contributed by atoms with Crippen molar-refractivity contribution in [1.29, 1.82) is 5.26 Å². The Balaban J connectivity index is 1.56. The van der Waals surface area contributed by atoms with Crippen LogP contribution in [0, 0.1) is 11.3 Å². The lowest BCUT2D eigenvalue weighted by molar-refractivity contribution is 0.0732. The van der Waals surface area contributed by atoms with E-state index in [2.05, 4.69) is 20.9 Å². The predicted octanol–water partition coefficient (Wildman–Crippen LogP) is 3.80. The number of β-amino-alcohol motifs (C(OH)–C–C–N with tert-alkyl or cyclic N) is 1. The Morgan fingerprint density at radius 2 is 1.92 bits per heavy atom. The van der Waals surface area contributed by atoms with Crippen LogP contribution >= 0.6 is 11.6 Å². The summed E-state index contributed by atoms with van der Waals surface area (Å²) in [7, 11) is 0. The maximum atomic E-state index is 11.0. The Labute approximate surface area is 228 Å². The first kappa shape index (κ1) is 27.8. The molecule has 0 amide bonds. The van der Waals surface area contributed by atoms with Crippen LogP contribution in [-0.2, 0) is 5.60 Å². The van der Waals surface area contributed by atoms with E-state index < -0.39 is 11.7 Å². The minimum Gasteiger partial charge on any atom is -0.491 e. The van der Waals surface area contributed by atoms with Gasteiger partial charge < -0.3 is 25.0 Å². The van der Waals surface area contributed by atoms with Gasteiger partial charge in [0, 0.05) is 43.0 Å².